The minimum absolute atomic E-state index is 0.164. The zero-order valence-electron chi connectivity index (χ0n) is 7.42. The molecule has 1 atom stereocenters. The molecule has 0 aliphatic rings. The highest BCUT2D eigenvalue weighted by atomic mass is 79.9. The molecular weight excluding hydrogens is 234 g/mol. The van der Waals surface area contributed by atoms with Crippen LogP contribution in [0.1, 0.15) is 23.9 Å². The van der Waals surface area contributed by atoms with Crippen molar-refractivity contribution in [2.45, 2.75) is 18.2 Å². The summed E-state index contributed by atoms with van der Waals surface area (Å²) in [4.78, 5) is 11.6. The summed E-state index contributed by atoms with van der Waals surface area (Å²) in [7, 11) is 0. The van der Waals surface area contributed by atoms with Crippen LogP contribution in [0.2, 0.25) is 0 Å². The van der Waals surface area contributed by atoms with E-state index in [4.69, 9.17) is 4.42 Å². The molecule has 13 heavy (non-hydrogen) atoms. The maximum atomic E-state index is 11.3. The van der Waals surface area contributed by atoms with Crippen molar-refractivity contribution in [1.29, 1.82) is 0 Å². The summed E-state index contributed by atoms with van der Waals surface area (Å²) in [6.07, 6.45) is 2.47. The number of carbonyl (C=O) groups excluding carboxylic acids is 1. The van der Waals surface area contributed by atoms with Crippen molar-refractivity contribution in [3.63, 3.8) is 0 Å². The van der Waals surface area contributed by atoms with Crippen molar-refractivity contribution in [3.05, 3.63) is 24.2 Å². The van der Waals surface area contributed by atoms with Crippen LogP contribution in [-0.2, 0) is 0 Å². The topological polar surface area (TPSA) is 42.2 Å². The Morgan fingerprint density at radius 3 is 3.08 bits per heavy atom. The number of furan rings is 1. The number of alkyl halides is 1. The van der Waals surface area contributed by atoms with E-state index >= 15 is 0 Å². The standard InChI is InChI=1S/C9H12BrNO2/c1-2-7(10)6-11-9(12)8-4-3-5-13-8/h3-5,7H,2,6H2,1H3,(H,11,12). The van der Waals surface area contributed by atoms with E-state index in [1.54, 1.807) is 12.1 Å². The van der Waals surface area contributed by atoms with Gasteiger partial charge < -0.3 is 9.73 Å². The molecule has 0 aliphatic heterocycles. The van der Waals surface area contributed by atoms with Gasteiger partial charge in [0, 0.05) is 11.4 Å². The second-order valence-corrected chi connectivity index (χ2v) is 3.99. The maximum absolute atomic E-state index is 11.3. The third-order valence-electron chi connectivity index (χ3n) is 1.67. The zero-order valence-corrected chi connectivity index (χ0v) is 9.00. The van der Waals surface area contributed by atoms with Gasteiger partial charge in [0.05, 0.1) is 6.26 Å². The second-order valence-electron chi connectivity index (χ2n) is 2.69. The molecule has 0 aliphatic carbocycles. The largest absolute Gasteiger partial charge is 0.459 e. The van der Waals surface area contributed by atoms with Crippen LogP contribution in [0.5, 0.6) is 0 Å². The monoisotopic (exact) mass is 245 g/mol. The van der Waals surface area contributed by atoms with Crippen LogP contribution in [-0.4, -0.2) is 17.3 Å². The predicted molar refractivity (Wildman–Crippen MR) is 54.0 cm³/mol. The van der Waals surface area contributed by atoms with Gasteiger partial charge in [0.25, 0.3) is 5.91 Å². The minimum atomic E-state index is -0.164. The second kappa shape index (κ2) is 5.07. The summed E-state index contributed by atoms with van der Waals surface area (Å²) >= 11 is 3.42. The maximum Gasteiger partial charge on any atom is 0.287 e. The van der Waals surface area contributed by atoms with Gasteiger partial charge in [0.1, 0.15) is 0 Å². The van der Waals surface area contributed by atoms with Crippen LogP contribution in [0.3, 0.4) is 0 Å². The first-order valence-corrected chi connectivity index (χ1v) is 5.11. The van der Waals surface area contributed by atoms with Crippen LogP contribution < -0.4 is 5.32 Å². The van der Waals surface area contributed by atoms with Crippen molar-refractivity contribution in [2.24, 2.45) is 0 Å². The van der Waals surface area contributed by atoms with Gasteiger partial charge in [-0.1, -0.05) is 22.9 Å². The lowest BCUT2D eigenvalue weighted by molar-refractivity contribution is 0.0926. The fourth-order valence-corrected chi connectivity index (χ4v) is 1.00. The number of hydrogen-bond acceptors (Lipinski definition) is 2. The lowest BCUT2D eigenvalue weighted by Gasteiger charge is -2.06. The van der Waals surface area contributed by atoms with E-state index in [0.717, 1.165) is 6.42 Å². The van der Waals surface area contributed by atoms with E-state index in [9.17, 15) is 4.79 Å². The smallest absolute Gasteiger partial charge is 0.287 e. The molecule has 0 bridgehead atoms. The van der Waals surface area contributed by atoms with Crippen LogP contribution in [0, 0.1) is 0 Å². The highest BCUT2D eigenvalue weighted by molar-refractivity contribution is 9.09. The zero-order chi connectivity index (χ0) is 9.68. The van der Waals surface area contributed by atoms with Gasteiger partial charge in [-0.25, -0.2) is 0 Å². The van der Waals surface area contributed by atoms with Crippen molar-refractivity contribution in [3.8, 4) is 0 Å². The number of rotatable bonds is 4. The van der Waals surface area contributed by atoms with Crippen LogP contribution in [0.25, 0.3) is 0 Å². The van der Waals surface area contributed by atoms with Gasteiger partial charge in [-0.3, -0.25) is 4.79 Å². The molecule has 1 unspecified atom stereocenters. The minimum Gasteiger partial charge on any atom is -0.459 e. The Morgan fingerprint density at radius 1 is 1.77 bits per heavy atom. The third-order valence-corrected chi connectivity index (χ3v) is 2.64. The van der Waals surface area contributed by atoms with E-state index in [1.807, 2.05) is 0 Å². The van der Waals surface area contributed by atoms with Gasteiger partial charge in [0.15, 0.2) is 5.76 Å². The molecule has 3 nitrogen and oxygen atoms in total. The molecule has 0 radical (unpaired) electrons. The van der Waals surface area contributed by atoms with E-state index < -0.39 is 0 Å². The molecule has 0 saturated carbocycles. The lowest BCUT2D eigenvalue weighted by Crippen LogP contribution is -2.28. The van der Waals surface area contributed by atoms with Gasteiger partial charge in [-0.15, -0.1) is 0 Å². The Bertz CT molecular complexity index is 259. The number of nitrogens with one attached hydrogen (secondary N) is 1. The summed E-state index contributed by atoms with van der Waals surface area (Å²) in [5, 5.41) is 2.76. The van der Waals surface area contributed by atoms with E-state index in [0.29, 0.717) is 17.1 Å². The molecule has 4 heteroatoms. The number of amides is 1. The molecule has 0 fully saturated rings. The van der Waals surface area contributed by atoms with E-state index in [-0.39, 0.29) is 5.91 Å². The van der Waals surface area contributed by atoms with E-state index in [2.05, 4.69) is 28.2 Å². The highest BCUT2D eigenvalue weighted by Crippen LogP contribution is 2.03. The Hall–Kier alpha value is -0.770. The number of carbonyl (C=O) groups is 1. The summed E-state index contributed by atoms with van der Waals surface area (Å²) in [5.41, 5.74) is 0. The lowest BCUT2D eigenvalue weighted by atomic mass is 10.3. The third kappa shape index (κ3) is 3.22. The average molecular weight is 246 g/mol. The van der Waals surface area contributed by atoms with Gasteiger partial charge in [-0.05, 0) is 18.6 Å². The molecule has 1 aromatic heterocycles. The SMILES string of the molecule is CCC(Br)CNC(=O)c1ccco1. The highest BCUT2D eigenvalue weighted by Gasteiger charge is 2.09. The predicted octanol–water partition coefficient (Wildman–Crippen LogP) is 2.18. The van der Waals surface area contributed by atoms with E-state index in [1.165, 1.54) is 6.26 Å². The van der Waals surface area contributed by atoms with Crippen LogP contribution in [0.15, 0.2) is 22.8 Å². The van der Waals surface area contributed by atoms with Crippen LogP contribution >= 0.6 is 15.9 Å². The van der Waals surface area contributed by atoms with Crippen molar-refractivity contribution in [2.75, 3.05) is 6.54 Å². The van der Waals surface area contributed by atoms with Crippen molar-refractivity contribution < 1.29 is 9.21 Å². The van der Waals surface area contributed by atoms with Crippen LogP contribution in [0.4, 0.5) is 0 Å². The number of hydrogen-bond donors (Lipinski definition) is 1. The number of halogens is 1. The molecule has 0 aromatic carbocycles. The molecule has 0 spiro atoms. The molecule has 1 rings (SSSR count). The molecule has 1 aromatic rings. The van der Waals surface area contributed by atoms with Gasteiger partial charge in [-0.2, -0.15) is 0 Å². The quantitative estimate of drug-likeness (QED) is 0.827. The normalized spacial score (nSPS) is 12.5. The first-order chi connectivity index (χ1) is 6.24. The average Bonchev–Trinajstić information content (AvgIpc) is 2.66. The summed E-state index contributed by atoms with van der Waals surface area (Å²) < 4.78 is 4.93. The summed E-state index contributed by atoms with van der Waals surface area (Å²) in [5.74, 6) is 0.193. The first-order valence-electron chi connectivity index (χ1n) is 4.19. The van der Waals surface area contributed by atoms with Crippen molar-refractivity contribution in [1.82, 2.24) is 5.32 Å². The Kier molecular flexibility index (Phi) is 4.02. The molecule has 0 saturated heterocycles. The first kappa shape index (κ1) is 10.3. The molecule has 1 amide bonds. The Balaban J connectivity index is 2.35. The Labute approximate surface area is 85.6 Å². The molecule has 1 heterocycles. The molecule has 1 N–H and O–H groups in total. The fourth-order valence-electron chi connectivity index (χ4n) is 0.843. The summed E-state index contributed by atoms with van der Waals surface area (Å²) in [6, 6.07) is 3.34. The van der Waals surface area contributed by atoms with Crippen molar-refractivity contribution >= 4 is 21.8 Å². The Morgan fingerprint density at radius 2 is 2.54 bits per heavy atom. The van der Waals surface area contributed by atoms with Gasteiger partial charge >= 0.3 is 0 Å². The summed E-state index contributed by atoms with van der Waals surface area (Å²) in [6.45, 7) is 2.68. The molecule has 72 valence electrons. The van der Waals surface area contributed by atoms with Gasteiger partial charge in [0.2, 0.25) is 0 Å². The fraction of sp³-hybridized carbons (Fsp3) is 0.444. The molecular formula is C9H12BrNO2.